The van der Waals surface area contributed by atoms with E-state index < -0.39 is 0 Å². The van der Waals surface area contributed by atoms with Crippen molar-refractivity contribution < 1.29 is 0 Å². The molecule has 0 atom stereocenters. The Morgan fingerprint density at radius 2 is 2.11 bits per heavy atom. The summed E-state index contributed by atoms with van der Waals surface area (Å²) in [6.07, 6.45) is 2.97. The Hall–Kier alpha value is -1.84. The van der Waals surface area contributed by atoms with Gasteiger partial charge in [0.25, 0.3) is 5.56 Å². The third kappa shape index (κ3) is 1.98. The maximum Gasteiger partial charge on any atom is 0.261 e. The number of rotatable bonds is 3. The molecular formula is C14H19N3O. The van der Waals surface area contributed by atoms with Crippen LogP contribution in [0.1, 0.15) is 31.2 Å². The first-order chi connectivity index (χ1) is 8.56. The lowest BCUT2D eigenvalue weighted by atomic mass is 10.1. The zero-order valence-corrected chi connectivity index (χ0v) is 11.2. The molecule has 18 heavy (non-hydrogen) atoms. The molecule has 0 radical (unpaired) electrons. The first-order valence-electron chi connectivity index (χ1n) is 6.31. The molecule has 0 aliphatic heterocycles. The number of nitrogens with zero attached hydrogens (tertiary/aromatic N) is 2. The fraction of sp³-hybridized carbons (Fsp3) is 0.429. The van der Waals surface area contributed by atoms with Gasteiger partial charge < -0.3 is 5.73 Å². The van der Waals surface area contributed by atoms with Crippen LogP contribution >= 0.6 is 0 Å². The predicted octanol–water partition coefficient (Wildman–Crippen LogP) is 2.17. The lowest BCUT2D eigenvalue weighted by molar-refractivity contribution is 0.684. The summed E-state index contributed by atoms with van der Waals surface area (Å²) in [4.78, 5) is 16.9. The second kappa shape index (κ2) is 4.80. The normalized spacial score (nSPS) is 11.1. The van der Waals surface area contributed by atoms with Crippen LogP contribution in [0.25, 0.3) is 10.9 Å². The highest BCUT2D eigenvalue weighted by atomic mass is 16.1. The molecule has 0 spiro atoms. The summed E-state index contributed by atoms with van der Waals surface area (Å²) < 4.78 is 1.64. The predicted molar refractivity (Wildman–Crippen MR) is 74.7 cm³/mol. The van der Waals surface area contributed by atoms with Gasteiger partial charge in [-0.15, -0.1) is 0 Å². The Balaban J connectivity index is 2.71. The van der Waals surface area contributed by atoms with Crippen molar-refractivity contribution in [1.29, 1.82) is 0 Å². The summed E-state index contributed by atoms with van der Waals surface area (Å²) in [5, 5.41) is 0.637. The number of benzene rings is 1. The molecule has 0 fully saturated rings. The number of anilines is 1. The van der Waals surface area contributed by atoms with E-state index >= 15 is 0 Å². The van der Waals surface area contributed by atoms with Crippen molar-refractivity contribution in [2.45, 2.75) is 33.1 Å². The third-order valence-electron chi connectivity index (χ3n) is 3.39. The van der Waals surface area contributed by atoms with Crippen LogP contribution < -0.4 is 11.3 Å². The van der Waals surface area contributed by atoms with Gasteiger partial charge in [0.15, 0.2) is 0 Å². The van der Waals surface area contributed by atoms with E-state index in [4.69, 9.17) is 5.73 Å². The van der Waals surface area contributed by atoms with Gasteiger partial charge in [-0.3, -0.25) is 9.36 Å². The quantitative estimate of drug-likeness (QED) is 0.843. The van der Waals surface area contributed by atoms with Gasteiger partial charge in [0, 0.05) is 19.2 Å². The van der Waals surface area contributed by atoms with Crippen molar-refractivity contribution >= 4 is 16.6 Å². The monoisotopic (exact) mass is 245 g/mol. The number of nitrogen functional groups attached to an aromatic ring is 1. The number of aromatic nitrogens is 2. The molecule has 0 saturated heterocycles. The Bertz CT molecular complexity index is 644. The third-order valence-corrected chi connectivity index (χ3v) is 3.39. The van der Waals surface area contributed by atoms with Gasteiger partial charge in [0.05, 0.1) is 10.9 Å². The minimum atomic E-state index is -0.00379. The molecule has 96 valence electrons. The highest BCUT2D eigenvalue weighted by Gasteiger charge is 2.11. The fourth-order valence-corrected chi connectivity index (χ4v) is 2.13. The molecule has 0 saturated carbocycles. The number of fused-ring (bicyclic) bond motifs is 1. The highest BCUT2D eigenvalue weighted by Crippen LogP contribution is 2.19. The molecule has 0 aliphatic carbocycles. The van der Waals surface area contributed by atoms with E-state index in [-0.39, 0.29) is 5.56 Å². The first-order valence-corrected chi connectivity index (χ1v) is 6.31. The van der Waals surface area contributed by atoms with E-state index in [2.05, 4.69) is 11.9 Å². The van der Waals surface area contributed by atoms with E-state index in [1.54, 1.807) is 11.6 Å². The smallest absolute Gasteiger partial charge is 0.261 e. The first kappa shape index (κ1) is 12.6. The van der Waals surface area contributed by atoms with Crippen molar-refractivity contribution in [1.82, 2.24) is 9.55 Å². The minimum Gasteiger partial charge on any atom is -0.398 e. The lowest BCUT2D eigenvalue weighted by Crippen LogP contribution is -2.23. The summed E-state index contributed by atoms with van der Waals surface area (Å²) in [5.74, 6) is 0.846. The average Bonchev–Trinajstić information content (AvgIpc) is 2.36. The van der Waals surface area contributed by atoms with Crippen LogP contribution in [0.5, 0.6) is 0 Å². The van der Waals surface area contributed by atoms with E-state index in [1.807, 2.05) is 19.1 Å². The Morgan fingerprint density at radius 3 is 2.78 bits per heavy atom. The summed E-state index contributed by atoms with van der Waals surface area (Å²) in [6.45, 7) is 4.00. The van der Waals surface area contributed by atoms with Gasteiger partial charge in [0.2, 0.25) is 0 Å². The van der Waals surface area contributed by atoms with Crippen molar-refractivity contribution in [2.75, 3.05) is 5.73 Å². The molecule has 0 bridgehead atoms. The maximum absolute atomic E-state index is 12.4. The summed E-state index contributed by atoms with van der Waals surface area (Å²) in [7, 11) is 1.78. The molecule has 2 N–H and O–H groups in total. The summed E-state index contributed by atoms with van der Waals surface area (Å²) in [5.41, 5.74) is 8.05. The van der Waals surface area contributed by atoms with E-state index in [1.165, 1.54) is 0 Å². The zero-order valence-electron chi connectivity index (χ0n) is 11.2. The average molecular weight is 245 g/mol. The van der Waals surface area contributed by atoms with Crippen LogP contribution in [0.4, 0.5) is 5.69 Å². The van der Waals surface area contributed by atoms with Crippen LogP contribution in [-0.2, 0) is 13.5 Å². The largest absolute Gasteiger partial charge is 0.398 e. The van der Waals surface area contributed by atoms with E-state index in [0.29, 0.717) is 11.1 Å². The molecule has 0 unspecified atom stereocenters. The minimum absolute atomic E-state index is 0.00379. The molecule has 1 heterocycles. The molecule has 0 aliphatic rings. The number of aryl methyl sites for hydroxylation is 2. The van der Waals surface area contributed by atoms with Gasteiger partial charge >= 0.3 is 0 Å². The summed E-state index contributed by atoms with van der Waals surface area (Å²) in [6, 6.07) is 3.64. The van der Waals surface area contributed by atoms with Crippen LogP contribution in [0.15, 0.2) is 16.9 Å². The lowest BCUT2D eigenvalue weighted by Gasteiger charge is -2.11. The number of hydrogen-bond donors (Lipinski definition) is 1. The van der Waals surface area contributed by atoms with Crippen LogP contribution in [0, 0.1) is 6.92 Å². The van der Waals surface area contributed by atoms with Crippen molar-refractivity contribution in [3.63, 3.8) is 0 Å². The van der Waals surface area contributed by atoms with Crippen molar-refractivity contribution in [2.24, 2.45) is 7.05 Å². The second-order valence-corrected chi connectivity index (χ2v) is 4.67. The SMILES string of the molecule is CCCCc1nc2ccc(N)c(C)c2c(=O)n1C. The maximum atomic E-state index is 12.4. The Morgan fingerprint density at radius 1 is 1.39 bits per heavy atom. The molecule has 4 nitrogen and oxygen atoms in total. The molecule has 1 aromatic heterocycles. The summed E-state index contributed by atoms with van der Waals surface area (Å²) >= 11 is 0. The molecule has 2 rings (SSSR count). The Kier molecular flexibility index (Phi) is 3.36. The van der Waals surface area contributed by atoms with Gasteiger partial charge in [0.1, 0.15) is 5.82 Å². The van der Waals surface area contributed by atoms with E-state index in [0.717, 1.165) is 36.2 Å². The Labute approximate surface area is 106 Å². The number of hydrogen-bond acceptors (Lipinski definition) is 3. The molecule has 2 aromatic rings. The van der Waals surface area contributed by atoms with Crippen molar-refractivity contribution in [3.05, 3.63) is 33.9 Å². The standard InChI is InChI=1S/C14H19N3O/c1-4-5-6-12-16-11-8-7-10(15)9(2)13(11)14(18)17(12)3/h7-8H,4-6,15H2,1-3H3. The van der Waals surface area contributed by atoms with Gasteiger partial charge in [-0.25, -0.2) is 4.98 Å². The fourth-order valence-electron chi connectivity index (χ4n) is 2.13. The topological polar surface area (TPSA) is 60.9 Å². The molecular weight excluding hydrogens is 226 g/mol. The molecule has 4 heteroatoms. The van der Waals surface area contributed by atoms with Crippen molar-refractivity contribution in [3.8, 4) is 0 Å². The molecule has 0 amide bonds. The van der Waals surface area contributed by atoms with Crippen LogP contribution in [-0.4, -0.2) is 9.55 Å². The second-order valence-electron chi connectivity index (χ2n) is 4.67. The zero-order chi connectivity index (χ0) is 13.3. The van der Waals surface area contributed by atoms with Gasteiger partial charge in [-0.1, -0.05) is 13.3 Å². The van der Waals surface area contributed by atoms with E-state index in [9.17, 15) is 4.79 Å². The van der Waals surface area contributed by atoms with Crippen LogP contribution in [0.3, 0.4) is 0 Å². The van der Waals surface area contributed by atoms with Crippen LogP contribution in [0.2, 0.25) is 0 Å². The van der Waals surface area contributed by atoms with Gasteiger partial charge in [-0.2, -0.15) is 0 Å². The number of nitrogens with two attached hydrogens (primary N) is 1. The molecule has 1 aromatic carbocycles. The highest BCUT2D eigenvalue weighted by molar-refractivity contribution is 5.85. The van der Waals surface area contributed by atoms with Gasteiger partial charge in [-0.05, 0) is 31.0 Å². The number of unbranched alkanes of at least 4 members (excludes halogenated alkanes) is 1.